The fraction of sp³-hybridized carbons (Fsp3) is 0.318. The number of nitrogen functional groups attached to an aromatic ring is 1. The third kappa shape index (κ3) is 2.46. The van der Waals surface area contributed by atoms with E-state index in [-0.39, 0.29) is 24.0 Å². The zero-order valence-electron chi connectivity index (χ0n) is 16.9. The minimum atomic E-state index is -1.46. The summed E-state index contributed by atoms with van der Waals surface area (Å²) in [5.74, 6) is -0.463. The summed E-state index contributed by atoms with van der Waals surface area (Å²) in [5.41, 5.74) is 6.05. The third-order valence-electron chi connectivity index (χ3n) is 5.20. The predicted octanol–water partition coefficient (Wildman–Crippen LogP) is 3.17. The first kappa shape index (κ1) is 19.0. The van der Waals surface area contributed by atoms with E-state index in [9.17, 15) is 9.59 Å². The number of ether oxygens (including phenoxy) is 1. The highest BCUT2D eigenvalue weighted by atomic mass is 16.6. The number of anilines is 1. The SMILES string of the molecule is C=CCN1C(=O)[C@]2(C(C(=O)OC(C)(C)C)=C1C)c1ccccc1-c1oc(N)nc12. The van der Waals surface area contributed by atoms with Crippen LogP contribution in [0.1, 0.15) is 39.0 Å². The van der Waals surface area contributed by atoms with Gasteiger partial charge in [0.15, 0.2) is 11.2 Å². The number of carbonyl (C=O) groups is 2. The highest BCUT2D eigenvalue weighted by Crippen LogP contribution is 2.57. The Hall–Kier alpha value is -3.35. The Kier molecular flexibility index (Phi) is 3.98. The molecule has 1 aromatic heterocycles. The summed E-state index contributed by atoms with van der Waals surface area (Å²) >= 11 is 0. The quantitative estimate of drug-likeness (QED) is 0.635. The van der Waals surface area contributed by atoms with Crippen molar-refractivity contribution in [3.05, 3.63) is 59.4 Å². The van der Waals surface area contributed by atoms with Crippen LogP contribution in [-0.4, -0.2) is 33.9 Å². The van der Waals surface area contributed by atoms with Gasteiger partial charge in [0.1, 0.15) is 11.3 Å². The van der Waals surface area contributed by atoms with E-state index in [1.807, 2.05) is 24.3 Å². The average Bonchev–Trinajstić information content (AvgIpc) is 3.20. The van der Waals surface area contributed by atoms with Crippen molar-refractivity contribution < 1.29 is 18.7 Å². The Labute approximate surface area is 168 Å². The van der Waals surface area contributed by atoms with Crippen LogP contribution in [0.15, 0.2) is 52.6 Å². The summed E-state index contributed by atoms with van der Waals surface area (Å²) in [4.78, 5) is 33.1. The second-order valence-corrected chi connectivity index (χ2v) is 8.19. The van der Waals surface area contributed by atoms with Crippen LogP contribution >= 0.6 is 0 Å². The molecule has 1 amide bonds. The Morgan fingerprint density at radius 3 is 2.72 bits per heavy atom. The number of hydrogen-bond acceptors (Lipinski definition) is 6. The molecule has 0 saturated heterocycles. The molecule has 2 N–H and O–H groups in total. The van der Waals surface area contributed by atoms with Crippen molar-refractivity contribution in [3.8, 4) is 11.3 Å². The summed E-state index contributed by atoms with van der Waals surface area (Å²) in [7, 11) is 0. The monoisotopic (exact) mass is 393 g/mol. The largest absolute Gasteiger partial charge is 0.457 e. The van der Waals surface area contributed by atoms with Gasteiger partial charge in [0.2, 0.25) is 5.91 Å². The summed E-state index contributed by atoms with van der Waals surface area (Å²) in [5, 5.41) is 0. The first-order valence-electron chi connectivity index (χ1n) is 9.37. The van der Waals surface area contributed by atoms with Gasteiger partial charge >= 0.3 is 5.97 Å². The minimum absolute atomic E-state index is 0.0555. The van der Waals surface area contributed by atoms with Crippen LogP contribution in [0.4, 0.5) is 6.01 Å². The standard InChI is InChI=1S/C22H23N3O4/c1-6-11-25-12(2)15(18(26)29-21(3,4)5)22(19(25)27)14-10-8-7-9-13(14)16-17(22)24-20(23)28-16/h6-10H,1,11H2,2-5H3,(H2,23,24)/t22-/m0/s1. The highest BCUT2D eigenvalue weighted by Gasteiger charge is 2.63. The van der Waals surface area contributed by atoms with Gasteiger partial charge in [0.05, 0.1) is 5.57 Å². The lowest BCUT2D eigenvalue weighted by Crippen LogP contribution is -2.43. The average molecular weight is 393 g/mol. The molecule has 7 heteroatoms. The van der Waals surface area contributed by atoms with Crippen molar-refractivity contribution in [3.63, 3.8) is 0 Å². The first-order chi connectivity index (χ1) is 13.6. The molecule has 0 radical (unpaired) electrons. The lowest BCUT2D eigenvalue weighted by Gasteiger charge is -2.28. The zero-order chi connectivity index (χ0) is 21.1. The molecular weight excluding hydrogens is 370 g/mol. The smallest absolute Gasteiger partial charge is 0.338 e. The van der Waals surface area contributed by atoms with Crippen LogP contribution in [0.25, 0.3) is 11.3 Å². The highest BCUT2D eigenvalue weighted by molar-refractivity contribution is 6.14. The maximum Gasteiger partial charge on any atom is 0.338 e. The molecule has 4 rings (SSSR count). The Morgan fingerprint density at radius 2 is 2.07 bits per heavy atom. The zero-order valence-corrected chi connectivity index (χ0v) is 16.9. The molecule has 0 unspecified atom stereocenters. The van der Waals surface area contributed by atoms with Gasteiger partial charge in [-0.05, 0) is 33.3 Å². The van der Waals surface area contributed by atoms with Crippen molar-refractivity contribution in [1.29, 1.82) is 0 Å². The van der Waals surface area contributed by atoms with Crippen LogP contribution in [0.2, 0.25) is 0 Å². The van der Waals surface area contributed by atoms with Crippen molar-refractivity contribution in [2.45, 2.75) is 38.7 Å². The molecule has 2 aromatic rings. The molecule has 29 heavy (non-hydrogen) atoms. The number of carbonyl (C=O) groups excluding carboxylic acids is 2. The van der Waals surface area contributed by atoms with Gasteiger partial charge in [-0.25, -0.2) is 4.79 Å². The fourth-order valence-electron chi connectivity index (χ4n) is 4.23. The number of rotatable bonds is 3. The van der Waals surface area contributed by atoms with Crippen molar-refractivity contribution >= 4 is 17.9 Å². The van der Waals surface area contributed by atoms with Crippen LogP contribution in [-0.2, 0) is 19.7 Å². The van der Waals surface area contributed by atoms with Crippen molar-refractivity contribution in [1.82, 2.24) is 9.88 Å². The van der Waals surface area contributed by atoms with E-state index < -0.39 is 17.0 Å². The molecule has 1 aliphatic heterocycles. The maximum atomic E-state index is 13.9. The number of benzene rings is 1. The summed E-state index contributed by atoms with van der Waals surface area (Å²) in [6.07, 6.45) is 1.62. The summed E-state index contributed by atoms with van der Waals surface area (Å²) in [6.45, 7) is 11.1. The lowest BCUT2D eigenvalue weighted by atomic mass is 9.74. The first-order valence-corrected chi connectivity index (χ1v) is 9.37. The number of amides is 1. The van der Waals surface area contributed by atoms with E-state index in [4.69, 9.17) is 14.9 Å². The van der Waals surface area contributed by atoms with E-state index in [0.717, 1.165) is 0 Å². The number of oxazole rings is 1. The molecule has 1 spiro atoms. The van der Waals surface area contributed by atoms with E-state index in [0.29, 0.717) is 28.3 Å². The second-order valence-electron chi connectivity index (χ2n) is 8.19. The minimum Gasteiger partial charge on any atom is -0.457 e. The van der Waals surface area contributed by atoms with Gasteiger partial charge in [0.25, 0.3) is 6.01 Å². The summed E-state index contributed by atoms with van der Waals surface area (Å²) < 4.78 is 11.3. The number of fused-ring (bicyclic) bond motifs is 5. The van der Waals surface area contributed by atoms with Gasteiger partial charge in [-0.15, -0.1) is 6.58 Å². The van der Waals surface area contributed by atoms with E-state index in [1.165, 1.54) is 4.90 Å². The van der Waals surface area contributed by atoms with Crippen LogP contribution in [0.5, 0.6) is 0 Å². The van der Waals surface area contributed by atoms with Crippen molar-refractivity contribution in [2.75, 3.05) is 12.3 Å². The number of allylic oxidation sites excluding steroid dienone is 1. The maximum absolute atomic E-state index is 13.9. The Bertz CT molecular complexity index is 1090. The van der Waals surface area contributed by atoms with E-state index in [1.54, 1.807) is 33.8 Å². The molecule has 0 bridgehead atoms. The second kappa shape index (κ2) is 6.07. The van der Waals surface area contributed by atoms with Crippen LogP contribution in [0, 0.1) is 0 Å². The number of nitrogens with zero attached hydrogens (tertiary/aromatic N) is 2. The lowest BCUT2D eigenvalue weighted by molar-refractivity contribution is -0.151. The predicted molar refractivity (Wildman–Crippen MR) is 108 cm³/mol. The third-order valence-corrected chi connectivity index (χ3v) is 5.20. The molecule has 0 saturated carbocycles. The Morgan fingerprint density at radius 1 is 1.38 bits per heavy atom. The molecule has 1 aliphatic carbocycles. The molecule has 150 valence electrons. The van der Waals surface area contributed by atoms with Gasteiger partial charge in [0, 0.05) is 17.8 Å². The molecule has 0 fully saturated rings. The van der Waals surface area contributed by atoms with Crippen LogP contribution < -0.4 is 5.73 Å². The molecule has 1 aromatic carbocycles. The Balaban J connectivity index is 2.05. The van der Waals surface area contributed by atoms with E-state index in [2.05, 4.69) is 11.6 Å². The topological polar surface area (TPSA) is 98.7 Å². The van der Waals surface area contributed by atoms with Gasteiger partial charge in [-0.3, -0.25) is 4.79 Å². The van der Waals surface area contributed by atoms with E-state index >= 15 is 0 Å². The van der Waals surface area contributed by atoms with Gasteiger partial charge in [-0.1, -0.05) is 30.3 Å². The normalized spacial score (nSPS) is 20.3. The molecule has 7 nitrogen and oxygen atoms in total. The molecule has 2 aliphatic rings. The van der Waals surface area contributed by atoms with Gasteiger partial charge < -0.3 is 19.8 Å². The number of esters is 1. The molecule has 2 heterocycles. The molecular formula is C22H23N3O4. The van der Waals surface area contributed by atoms with Crippen LogP contribution in [0.3, 0.4) is 0 Å². The summed E-state index contributed by atoms with van der Waals surface area (Å²) in [6, 6.07) is 7.25. The van der Waals surface area contributed by atoms with Crippen molar-refractivity contribution in [2.24, 2.45) is 0 Å². The fourth-order valence-corrected chi connectivity index (χ4v) is 4.23. The number of hydrogen-bond donors (Lipinski definition) is 1. The number of nitrogens with two attached hydrogens (primary N) is 1. The number of aromatic nitrogens is 1. The molecule has 1 atom stereocenters. The van der Waals surface area contributed by atoms with Gasteiger partial charge in [-0.2, -0.15) is 4.98 Å².